The fourth-order valence-electron chi connectivity index (χ4n) is 2.07. The zero-order valence-electron chi connectivity index (χ0n) is 10.9. The number of nitrogens with one attached hydrogen (secondary N) is 1. The maximum Gasteiger partial charge on any atom is 0.338 e. The first kappa shape index (κ1) is 13.1. The van der Waals surface area contributed by atoms with Crippen molar-refractivity contribution in [2.75, 3.05) is 5.32 Å². The number of rotatable bonds is 3. The van der Waals surface area contributed by atoms with E-state index in [1.54, 1.807) is 6.07 Å². The number of pyridine rings is 1. The number of anilines is 2. The molecule has 1 heterocycles. The van der Waals surface area contributed by atoms with Crippen molar-refractivity contribution in [1.29, 1.82) is 0 Å². The van der Waals surface area contributed by atoms with Gasteiger partial charge in [-0.15, -0.1) is 0 Å². The third-order valence-corrected chi connectivity index (χ3v) is 3.09. The number of carboxylic acids is 1. The number of para-hydroxylation sites is 1. The van der Waals surface area contributed by atoms with Crippen LogP contribution in [0.25, 0.3) is 10.9 Å². The second-order valence-electron chi connectivity index (χ2n) is 4.49. The molecule has 0 unspecified atom stereocenters. The molecular formula is C16H11FN2O2. The van der Waals surface area contributed by atoms with Crippen molar-refractivity contribution in [1.82, 2.24) is 4.98 Å². The van der Waals surface area contributed by atoms with E-state index in [2.05, 4.69) is 10.3 Å². The highest BCUT2D eigenvalue weighted by Gasteiger charge is 2.14. The van der Waals surface area contributed by atoms with E-state index in [0.717, 1.165) is 10.9 Å². The van der Waals surface area contributed by atoms with Crippen molar-refractivity contribution in [3.63, 3.8) is 0 Å². The number of carboxylic acid groups (broad SMARTS) is 1. The Morgan fingerprint density at radius 3 is 2.67 bits per heavy atom. The van der Waals surface area contributed by atoms with Crippen LogP contribution in [0.3, 0.4) is 0 Å². The molecule has 5 heteroatoms. The second-order valence-corrected chi connectivity index (χ2v) is 4.49. The normalized spacial score (nSPS) is 10.5. The number of aromatic nitrogens is 1. The molecule has 2 N–H and O–H groups in total. The predicted octanol–water partition coefficient (Wildman–Crippen LogP) is 3.82. The summed E-state index contributed by atoms with van der Waals surface area (Å²) < 4.78 is 14.1. The first-order chi connectivity index (χ1) is 10.1. The maximum absolute atomic E-state index is 14.1. The minimum atomic E-state index is -1.30. The Morgan fingerprint density at radius 2 is 1.86 bits per heavy atom. The van der Waals surface area contributed by atoms with Crippen LogP contribution >= 0.6 is 0 Å². The molecule has 0 spiro atoms. The van der Waals surface area contributed by atoms with Gasteiger partial charge in [-0.1, -0.05) is 24.3 Å². The van der Waals surface area contributed by atoms with Gasteiger partial charge >= 0.3 is 5.97 Å². The standard InChI is InChI=1S/C16H11FN2O2/c17-15-11(16(20)21)5-3-7-13(15)19-14-9-8-10-4-1-2-6-12(10)18-14/h1-9H,(H,18,19)(H,20,21). The lowest BCUT2D eigenvalue weighted by atomic mass is 10.2. The molecule has 0 aliphatic carbocycles. The van der Waals surface area contributed by atoms with Gasteiger partial charge in [0, 0.05) is 5.39 Å². The summed E-state index contributed by atoms with van der Waals surface area (Å²) in [5.41, 5.74) is 0.482. The number of halogens is 1. The number of benzene rings is 2. The van der Waals surface area contributed by atoms with Gasteiger partial charge in [-0.2, -0.15) is 0 Å². The average Bonchev–Trinajstić information content (AvgIpc) is 2.49. The van der Waals surface area contributed by atoms with E-state index in [-0.39, 0.29) is 11.3 Å². The largest absolute Gasteiger partial charge is 0.478 e. The van der Waals surface area contributed by atoms with Gasteiger partial charge in [0.1, 0.15) is 5.82 Å². The van der Waals surface area contributed by atoms with Crippen LogP contribution in [-0.2, 0) is 0 Å². The average molecular weight is 282 g/mol. The maximum atomic E-state index is 14.1. The molecule has 21 heavy (non-hydrogen) atoms. The molecule has 3 aromatic rings. The van der Waals surface area contributed by atoms with Crippen LogP contribution < -0.4 is 5.32 Å². The third kappa shape index (κ3) is 2.53. The highest BCUT2D eigenvalue weighted by atomic mass is 19.1. The van der Waals surface area contributed by atoms with E-state index in [4.69, 9.17) is 5.11 Å². The Hall–Kier alpha value is -2.95. The number of nitrogens with zero attached hydrogens (tertiary/aromatic N) is 1. The minimum Gasteiger partial charge on any atom is -0.478 e. The molecule has 0 radical (unpaired) electrons. The van der Waals surface area contributed by atoms with Crippen molar-refractivity contribution < 1.29 is 14.3 Å². The van der Waals surface area contributed by atoms with Crippen molar-refractivity contribution in [2.45, 2.75) is 0 Å². The van der Waals surface area contributed by atoms with Crippen molar-refractivity contribution >= 4 is 28.4 Å². The quantitative estimate of drug-likeness (QED) is 0.766. The van der Waals surface area contributed by atoms with Crippen molar-refractivity contribution in [2.24, 2.45) is 0 Å². The summed E-state index contributed by atoms with van der Waals surface area (Å²) in [5.74, 6) is -1.65. The second kappa shape index (κ2) is 5.20. The van der Waals surface area contributed by atoms with E-state index >= 15 is 0 Å². The molecule has 0 bridgehead atoms. The Bertz CT molecular complexity index is 833. The summed E-state index contributed by atoms with van der Waals surface area (Å²) in [6.45, 7) is 0. The van der Waals surface area contributed by atoms with Crippen molar-refractivity contribution in [3.05, 3.63) is 66.0 Å². The highest BCUT2D eigenvalue weighted by Crippen LogP contribution is 2.23. The van der Waals surface area contributed by atoms with Crippen LogP contribution in [0.15, 0.2) is 54.6 Å². The predicted molar refractivity (Wildman–Crippen MR) is 78.4 cm³/mol. The lowest BCUT2D eigenvalue weighted by molar-refractivity contribution is 0.0692. The molecule has 0 saturated heterocycles. The topological polar surface area (TPSA) is 62.2 Å². The molecule has 104 valence electrons. The lowest BCUT2D eigenvalue weighted by Crippen LogP contribution is -2.04. The van der Waals surface area contributed by atoms with Gasteiger partial charge in [-0.3, -0.25) is 0 Å². The van der Waals surface area contributed by atoms with E-state index in [1.165, 1.54) is 18.2 Å². The van der Waals surface area contributed by atoms with Crippen LogP contribution in [0.4, 0.5) is 15.9 Å². The molecule has 3 rings (SSSR count). The number of hydrogen-bond acceptors (Lipinski definition) is 3. The van der Waals surface area contributed by atoms with Gasteiger partial charge in [0.15, 0.2) is 5.82 Å². The molecule has 0 fully saturated rings. The molecule has 0 atom stereocenters. The van der Waals surface area contributed by atoms with Crippen molar-refractivity contribution in [3.8, 4) is 0 Å². The van der Waals surface area contributed by atoms with Crippen LogP contribution in [-0.4, -0.2) is 16.1 Å². The molecule has 2 aromatic carbocycles. The van der Waals surface area contributed by atoms with Gasteiger partial charge in [0.2, 0.25) is 0 Å². The molecule has 0 amide bonds. The Balaban J connectivity index is 1.98. The third-order valence-electron chi connectivity index (χ3n) is 3.09. The zero-order chi connectivity index (χ0) is 14.8. The fraction of sp³-hybridized carbons (Fsp3) is 0. The minimum absolute atomic E-state index is 0.0812. The van der Waals surface area contributed by atoms with Crippen LogP contribution in [0.5, 0.6) is 0 Å². The Kier molecular flexibility index (Phi) is 3.23. The molecule has 0 saturated carbocycles. The molecule has 4 nitrogen and oxygen atoms in total. The summed E-state index contributed by atoms with van der Waals surface area (Å²) in [4.78, 5) is 15.3. The highest BCUT2D eigenvalue weighted by molar-refractivity contribution is 5.89. The summed E-state index contributed by atoms with van der Waals surface area (Å²) in [6, 6.07) is 15.3. The fourth-order valence-corrected chi connectivity index (χ4v) is 2.07. The zero-order valence-corrected chi connectivity index (χ0v) is 10.9. The summed E-state index contributed by atoms with van der Waals surface area (Å²) >= 11 is 0. The first-order valence-electron chi connectivity index (χ1n) is 6.30. The SMILES string of the molecule is O=C(O)c1cccc(Nc2ccc3ccccc3n2)c1F. The Labute approximate surface area is 119 Å². The lowest BCUT2D eigenvalue weighted by Gasteiger charge is -2.09. The molecule has 0 aliphatic heterocycles. The van der Waals surface area contributed by atoms with Gasteiger partial charge in [0.25, 0.3) is 0 Å². The summed E-state index contributed by atoms with van der Waals surface area (Å²) in [5, 5.41) is 12.7. The van der Waals surface area contributed by atoms with Gasteiger partial charge in [-0.25, -0.2) is 14.2 Å². The molecular weight excluding hydrogens is 271 g/mol. The van der Waals surface area contributed by atoms with Gasteiger partial charge in [0.05, 0.1) is 16.8 Å². The van der Waals surface area contributed by atoms with Gasteiger partial charge in [-0.05, 0) is 30.3 Å². The van der Waals surface area contributed by atoms with Crippen LogP contribution in [0.1, 0.15) is 10.4 Å². The molecule has 1 aromatic heterocycles. The van der Waals surface area contributed by atoms with Crippen LogP contribution in [0.2, 0.25) is 0 Å². The van der Waals surface area contributed by atoms with E-state index in [0.29, 0.717) is 5.82 Å². The smallest absolute Gasteiger partial charge is 0.338 e. The summed E-state index contributed by atoms with van der Waals surface area (Å²) in [7, 11) is 0. The number of hydrogen-bond donors (Lipinski definition) is 2. The number of aromatic carboxylic acids is 1. The monoisotopic (exact) mass is 282 g/mol. The molecule has 0 aliphatic rings. The van der Waals surface area contributed by atoms with E-state index < -0.39 is 11.8 Å². The summed E-state index contributed by atoms with van der Waals surface area (Å²) in [6.07, 6.45) is 0. The Morgan fingerprint density at radius 1 is 1.05 bits per heavy atom. The van der Waals surface area contributed by atoms with E-state index in [1.807, 2.05) is 30.3 Å². The number of carbonyl (C=O) groups is 1. The van der Waals surface area contributed by atoms with Gasteiger partial charge < -0.3 is 10.4 Å². The first-order valence-corrected chi connectivity index (χ1v) is 6.30. The van der Waals surface area contributed by atoms with Crippen LogP contribution in [0, 0.1) is 5.82 Å². The van der Waals surface area contributed by atoms with E-state index in [9.17, 15) is 9.18 Å². The number of fused-ring (bicyclic) bond motifs is 1.